The van der Waals surface area contributed by atoms with Gasteiger partial charge >= 0.3 is 0 Å². The maximum atomic E-state index is 13.2. The maximum Gasteiger partial charge on any atom is 0.268 e. The quantitative estimate of drug-likeness (QED) is 0.660. The largest absolute Gasteiger partial charge is 0.347 e. The van der Waals surface area contributed by atoms with Crippen molar-refractivity contribution in [3.63, 3.8) is 0 Å². The summed E-state index contributed by atoms with van der Waals surface area (Å²) < 4.78 is 29.7. The van der Waals surface area contributed by atoms with Crippen molar-refractivity contribution in [2.45, 2.75) is 38.1 Å². The first-order chi connectivity index (χ1) is 14.8. The van der Waals surface area contributed by atoms with Crippen molar-refractivity contribution < 1.29 is 13.2 Å². The van der Waals surface area contributed by atoms with Gasteiger partial charge in [0.15, 0.2) is 0 Å². The molecule has 1 atom stereocenters. The second-order valence-corrected chi connectivity index (χ2v) is 10.2. The number of fused-ring (bicyclic) bond motifs is 1. The van der Waals surface area contributed by atoms with Crippen molar-refractivity contribution in [1.29, 1.82) is 0 Å². The van der Waals surface area contributed by atoms with Crippen molar-refractivity contribution in [3.05, 3.63) is 59.5 Å². The Kier molecular flexibility index (Phi) is 5.85. The molecule has 1 N–H and O–H groups in total. The number of hydrogen-bond donors (Lipinski definition) is 1. The number of sulfonamides is 1. The third kappa shape index (κ3) is 4.09. The summed E-state index contributed by atoms with van der Waals surface area (Å²) >= 11 is 0. The number of amides is 1. The fourth-order valence-corrected chi connectivity index (χ4v) is 6.11. The number of piperidine rings is 1. The lowest BCUT2D eigenvalue weighted by Crippen LogP contribution is -2.39. The number of carbonyl (C=O) groups excluding carboxylic acids is 1. The van der Waals surface area contributed by atoms with Crippen molar-refractivity contribution in [2.75, 3.05) is 13.1 Å². The molecule has 0 unspecified atom stereocenters. The number of hydrogen-bond acceptors (Lipinski definition) is 4. The Morgan fingerprint density at radius 2 is 2.06 bits per heavy atom. The molecule has 1 fully saturated rings. The first-order valence-corrected chi connectivity index (χ1v) is 12.0. The number of nitrogens with zero attached hydrogens (tertiary/aromatic N) is 3. The van der Waals surface area contributed by atoms with Crippen LogP contribution in [0.4, 0.5) is 0 Å². The van der Waals surface area contributed by atoms with Crippen LogP contribution < -0.4 is 5.32 Å². The lowest BCUT2D eigenvalue weighted by atomic mass is 10.0. The predicted octanol–water partition coefficient (Wildman–Crippen LogP) is 3.23. The highest BCUT2D eigenvalue weighted by molar-refractivity contribution is 7.89. The molecule has 4 rings (SSSR count). The molecule has 7 nitrogen and oxygen atoms in total. The summed E-state index contributed by atoms with van der Waals surface area (Å²) in [5.74, 6) is 0.0328. The van der Waals surface area contributed by atoms with Gasteiger partial charge in [-0.1, -0.05) is 25.1 Å². The zero-order valence-electron chi connectivity index (χ0n) is 18.1. The molecule has 0 saturated carbocycles. The van der Waals surface area contributed by atoms with Gasteiger partial charge in [-0.3, -0.25) is 9.78 Å². The SMILES string of the molecule is Cc1c(S(=O)(=O)N2CCC[C@H](C)C2)cc(C(=O)NCc2cccc3ncccc23)n1C. The van der Waals surface area contributed by atoms with E-state index < -0.39 is 10.0 Å². The molecule has 1 aromatic carbocycles. The van der Waals surface area contributed by atoms with Crippen molar-refractivity contribution in [1.82, 2.24) is 19.2 Å². The summed E-state index contributed by atoms with van der Waals surface area (Å²) in [6.07, 6.45) is 3.64. The van der Waals surface area contributed by atoms with Crippen LogP contribution in [-0.4, -0.2) is 41.3 Å². The molecule has 0 spiro atoms. The van der Waals surface area contributed by atoms with Crippen LogP contribution in [-0.2, 0) is 23.6 Å². The van der Waals surface area contributed by atoms with E-state index in [1.54, 1.807) is 29.0 Å². The highest BCUT2D eigenvalue weighted by atomic mass is 32.2. The average molecular weight is 441 g/mol. The minimum atomic E-state index is -3.63. The zero-order valence-corrected chi connectivity index (χ0v) is 18.9. The fraction of sp³-hybridized carbons (Fsp3) is 0.391. The molecule has 8 heteroatoms. The van der Waals surface area contributed by atoms with Crippen LogP contribution in [0.15, 0.2) is 47.5 Å². The van der Waals surface area contributed by atoms with Gasteiger partial charge in [0.1, 0.15) is 10.6 Å². The molecule has 1 amide bonds. The van der Waals surface area contributed by atoms with Gasteiger partial charge in [-0.05, 0) is 49.4 Å². The second kappa shape index (κ2) is 8.43. The predicted molar refractivity (Wildman–Crippen MR) is 120 cm³/mol. The molecule has 3 heterocycles. The van der Waals surface area contributed by atoms with Gasteiger partial charge in [-0.25, -0.2) is 8.42 Å². The number of benzene rings is 1. The standard InChI is InChI=1S/C23H28N4O3S/c1-16-7-6-12-27(15-16)31(29,30)22-13-21(26(3)17(22)2)23(28)25-14-18-8-4-10-20-19(18)9-5-11-24-20/h4-5,8-11,13,16H,6-7,12,14-15H2,1-3H3,(H,25,28)/t16-/m0/s1. The normalized spacial score (nSPS) is 17.7. The Labute approximate surface area is 183 Å². The molecule has 2 aromatic heterocycles. The number of rotatable bonds is 5. The van der Waals surface area contributed by atoms with Crippen LogP contribution >= 0.6 is 0 Å². The minimum Gasteiger partial charge on any atom is -0.347 e. The summed E-state index contributed by atoms with van der Waals surface area (Å²) in [6.45, 7) is 5.19. The molecule has 0 radical (unpaired) electrons. The van der Waals surface area contributed by atoms with Crippen LogP contribution in [0.5, 0.6) is 0 Å². The van der Waals surface area contributed by atoms with Crippen molar-refractivity contribution >= 4 is 26.8 Å². The average Bonchev–Trinajstić information content (AvgIpc) is 3.07. The van der Waals surface area contributed by atoms with E-state index in [0.717, 1.165) is 29.3 Å². The van der Waals surface area contributed by atoms with Gasteiger partial charge in [0.05, 0.1) is 5.52 Å². The van der Waals surface area contributed by atoms with Crippen LogP contribution in [0.3, 0.4) is 0 Å². The highest BCUT2D eigenvalue weighted by Crippen LogP contribution is 2.27. The number of nitrogens with one attached hydrogen (secondary N) is 1. The first-order valence-electron chi connectivity index (χ1n) is 10.6. The molecule has 0 bridgehead atoms. The van der Waals surface area contributed by atoms with Gasteiger partial charge in [0.25, 0.3) is 5.91 Å². The van der Waals surface area contributed by atoms with Crippen molar-refractivity contribution in [2.24, 2.45) is 13.0 Å². The molecule has 0 aliphatic carbocycles. The smallest absolute Gasteiger partial charge is 0.268 e. The molecule has 1 saturated heterocycles. The lowest BCUT2D eigenvalue weighted by molar-refractivity contribution is 0.0942. The molecular formula is C23H28N4O3S. The van der Waals surface area contributed by atoms with E-state index in [1.807, 2.05) is 30.3 Å². The van der Waals surface area contributed by atoms with Gasteiger partial charge in [0.2, 0.25) is 10.0 Å². The zero-order chi connectivity index (χ0) is 22.2. The van der Waals surface area contributed by atoms with Crippen LogP contribution in [0.2, 0.25) is 0 Å². The topological polar surface area (TPSA) is 84.3 Å². The van der Waals surface area contributed by atoms with Crippen LogP contribution in [0.1, 0.15) is 41.5 Å². The molecule has 3 aromatic rings. The monoisotopic (exact) mass is 440 g/mol. The lowest BCUT2D eigenvalue weighted by Gasteiger charge is -2.29. The molecule has 1 aliphatic rings. The van der Waals surface area contributed by atoms with Gasteiger partial charge in [-0.2, -0.15) is 4.31 Å². The summed E-state index contributed by atoms with van der Waals surface area (Å²) in [4.78, 5) is 17.5. The first kappa shape index (κ1) is 21.5. The fourth-order valence-electron chi connectivity index (χ4n) is 4.24. The van der Waals surface area contributed by atoms with E-state index in [1.165, 1.54) is 6.07 Å². The molecular weight excluding hydrogens is 412 g/mol. The van der Waals surface area contributed by atoms with Gasteiger partial charge in [0, 0.05) is 44.0 Å². The number of pyridine rings is 1. The summed E-state index contributed by atoms with van der Waals surface area (Å²) in [5.41, 5.74) is 2.73. The second-order valence-electron chi connectivity index (χ2n) is 8.32. The summed E-state index contributed by atoms with van der Waals surface area (Å²) in [6, 6.07) is 11.1. The molecule has 31 heavy (non-hydrogen) atoms. The Morgan fingerprint density at radius 3 is 2.84 bits per heavy atom. The molecule has 164 valence electrons. The van der Waals surface area contributed by atoms with Crippen LogP contribution in [0, 0.1) is 12.8 Å². The van der Waals surface area contributed by atoms with E-state index in [0.29, 0.717) is 36.9 Å². The van der Waals surface area contributed by atoms with Gasteiger partial charge in [-0.15, -0.1) is 0 Å². The number of carbonyl (C=O) groups is 1. The van der Waals surface area contributed by atoms with E-state index in [2.05, 4.69) is 17.2 Å². The minimum absolute atomic E-state index is 0.212. The highest BCUT2D eigenvalue weighted by Gasteiger charge is 2.32. The third-order valence-electron chi connectivity index (χ3n) is 6.13. The Morgan fingerprint density at radius 1 is 1.26 bits per heavy atom. The number of aromatic nitrogens is 2. The molecule has 1 aliphatic heterocycles. The Hall–Kier alpha value is -2.71. The van der Waals surface area contributed by atoms with E-state index >= 15 is 0 Å². The maximum absolute atomic E-state index is 13.2. The van der Waals surface area contributed by atoms with E-state index in [9.17, 15) is 13.2 Å². The Balaban J connectivity index is 1.57. The Bertz CT molecular complexity index is 1230. The van der Waals surface area contributed by atoms with E-state index in [4.69, 9.17) is 0 Å². The third-order valence-corrected chi connectivity index (χ3v) is 8.12. The van der Waals surface area contributed by atoms with Gasteiger partial charge < -0.3 is 9.88 Å². The van der Waals surface area contributed by atoms with Crippen LogP contribution in [0.25, 0.3) is 10.9 Å². The summed E-state index contributed by atoms with van der Waals surface area (Å²) in [5, 5.41) is 3.91. The van der Waals surface area contributed by atoms with Crippen molar-refractivity contribution in [3.8, 4) is 0 Å². The summed E-state index contributed by atoms with van der Waals surface area (Å²) in [7, 11) is -1.91. The van der Waals surface area contributed by atoms with E-state index in [-0.39, 0.29) is 10.8 Å².